The highest BCUT2D eigenvalue weighted by Crippen LogP contribution is 2.18. The molecule has 2 atom stereocenters. The average molecular weight is 196 g/mol. The molecule has 2 rings (SSSR count). The third kappa shape index (κ3) is 1.57. The number of hydrogen-bond donors (Lipinski definition) is 1. The first kappa shape index (κ1) is 9.39. The fourth-order valence-corrected chi connectivity index (χ4v) is 1.84. The Bertz CT molecular complexity index is 309. The minimum Gasteiger partial charge on any atom is -0.339 e. The largest absolute Gasteiger partial charge is 0.339 e. The molecule has 1 aliphatic heterocycles. The van der Waals surface area contributed by atoms with Gasteiger partial charge in [0, 0.05) is 26.2 Å². The van der Waals surface area contributed by atoms with Crippen LogP contribution in [0.2, 0.25) is 0 Å². The van der Waals surface area contributed by atoms with Gasteiger partial charge in [0.2, 0.25) is 5.95 Å². The minimum absolute atomic E-state index is 0.312. The average Bonchev–Trinajstić information content (AvgIpc) is 2.57. The molecule has 0 amide bonds. The van der Waals surface area contributed by atoms with Crippen LogP contribution in [0.5, 0.6) is 0 Å². The smallest absolute Gasteiger partial charge is 0.245 e. The lowest BCUT2D eigenvalue weighted by molar-refractivity contribution is 0.377. The van der Waals surface area contributed by atoms with Gasteiger partial charge < -0.3 is 10.6 Å². The monoisotopic (exact) mass is 196 g/mol. The standard InChI is InChI=1S/C8H16N6/c1-6-5-14(4-3-7(6)9)8-10-11-12-13(8)2/h6-7H,3-5,9H2,1-2H3. The van der Waals surface area contributed by atoms with E-state index < -0.39 is 0 Å². The topological polar surface area (TPSA) is 72.9 Å². The maximum absolute atomic E-state index is 5.95. The van der Waals surface area contributed by atoms with Crippen molar-refractivity contribution in [2.75, 3.05) is 18.0 Å². The van der Waals surface area contributed by atoms with Crippen LogP contribution in [0.3, 0.4) is 0 Å². The molecule has 6 nitrogen and oxygen atoms in total. The molecule has 1 fully saturated rings. The number of hydrogen-bond acceptors (Lipinski definition) is 5. The van der Waals surface area contributed by atoms with Gasteiger partial charge in [-0.05, 0) is 22.8 Å². The Labute approximate surface area is 83.1 Å². The second-order valence-electron chi connectivity index (χ2n) is 3.98. The van der Waals surface area contributed by atoms with E-state index in [1.165, 1.54) is 0 Å². The molecular formula is C8H16N6. The molecule has 2 unspecified atom stereocenters. The van der Waals surface area contributed by atoms with Gasteiger partial charge in [0.15, 0.2) is 0 Å². The van der Waals surface area contributed by atoms with E-state index in [9.17, 15) is 0 Å². The molecular weight excluding hydrogens is 180 g/mol. The predicted molar refractivity (Wildman–Crippen MR) is 52.8 cm³/mol. The van der Waals surface area contributed by atoms with Gasteiger partial charge in [-0.3, -0.25) is 0 Å². The van der Waals surface area contributed by atoms with Gasteiger partial charge in [-0.1, -0.05) is 12.0 Å². The summed E-state index contributed by atoms with van der Waals surface area (Å²) < 4.78 is 1.70. The molecule has 14 heavy (non-hydrogen) atoms. The lowest BCUT2D eigenvalue weighted by Crippen LogP contribution is -2.46. The zero-order valence-corrected chi connectivity index (χ0v) is 8.59. The third-order valence-corrected chi connectivity index (χ3v) is 2.85. The normalized spacial score (nSPS) is 28.1. The van der Waals surface area contributed by atoms with Crippen LogP contribution in [-0.4, -0.2) is 39.3 Å². The number of aryl methyl sites for hydroxylation is 1. The molecule has 0 bridgehead atoms. The molecule has 78 valence electrons. The van der Waals surface area contributed by atoms with Crippen molar-refractivity contribution in [3.8, 4) is 0 Å². The van der Waals surface area contributed by atoms with Crippen molar-refractivity contribution in [3.63, 3.8) is 0 Å². The summed E-state index contributed by atoms with van der Waals surface area (Å²) in [7, 11) is 1.86. The first-order chi connectivity index (χ1) is 6.68. The number of nitrogens with zero attached hydrogens (tertiary/aromatic N) is 5. The van der Waals surface area contributed by atoms with E-state index in [4.69, 9.17) is 5.73 Å². The van der Waals surface area contributed by atoms with Crippen molar-refractivity contribution < 1.29 is 0 Å². The SMILES string of the molecule is CC1CN(c2nnnn2C)CCC1N. The van der Waals surface area contributed by atoms with Crippen LogP contribution in [-0.2, 0) is 7.05 Å². The van der Waals surface area contributed by atoms with Crippen LogP contribution in [0.4, 0.5) is 5.95 Å². The molecule has 1 saturated heterocycles. The summed E-state index contributed by atoms with van der Waals surface area (Å²) in [6.45, 7) is 4.05. The van der Waals surface area contributed by atoms with Crippen LogP contribution in [0, 0.1) is 5.92 Å². The van der Waals surface area contributed by atoms with E-state index in [1.807, 2.05) is 7.05 Å². The number of nitrogens with two attached hydrogens (primary N) is 1. The van der Waals surface area contributed by atoms with E-state index in [2.05, 4.69) is 27.3 Å². The molecule has 0 spiro atoms. The maximum Gasteiger partial charge on any atom is 0.245 e. The van der Waals surface area contributed by atoms with Crippen molar-refractivity contribution in [1.29, 1.82) is 0 Å². The van der Waals surface area contributed by atoms with Gasteiger partial charge in [-0.25, -0.2) is 4.68 Å². The zero-order chi connectivity index (χ0) is 10.1. The Kier molecular flexibility index (Phi) is 2.37. The van der Waals surface area contributed by atoms with Crippen molar-refractivity contribution in [2.24, 2.45) is 18.7 Å². The fraction of sp³-hybridized carbons (Fsp3) is 0.875. The number of aromatic nitrogens is 4. The quantitative estimate of drug-likeness (QED) is 0.648. The summed E-state index contributed by atoms with van der Waals surface area (Å²) in [6.07, 6.45) is 1.01. The first-order valence-corrected chi connectivity index (χ1v) is 4.91. The molecule has 2 heterocycles. The van der Waals surface area contributed by atoms with E-state index >= 15 is 0 Å². The molecule has 0 radical (unpaired) electrons. The van der Waals surface area contributed by atoms with Crippen molar-refractivity contribution >= 4 is 5.95 Å². The van der Waals surface area contributed by atoms with Crippen molar-refractivity contribution in [3.05, 3.63) is 0 Å². The molecule has 0 aromatic carbocycles. The number of tetrazole rings is 1. The minimum atomic E-state index is 0.312. The molecule has 1 aliphatic rings. The summed E-state index contributed by atoms with van der Waals surface area (Å²) in [5.41, 5.74) is 5.95. The van der Waals surface area contributed by atoms with Gasteiger partial charge in [0.05, 0.1) is 0 Å². The van der Waals surface area contributed by atoms with Crippen LogP contribution in [0.1, 0.15) is 13.3 Å². The second kappa shape index (κ2) is 3.53. The molecule has 2 N–H and O–H groups in total. The van der Waals surface area contributed by atoms with Gasteiger partial charge in [-0.15, -0.1) is 0 Å². The van der Waals surface area contributed by atoms with Crippen LogP contribution in [0.15, 0.2) is 0 Å². The third-order valence-electron chi connectivity index (χ3n) is 2.85. The highest BCUT2D eigenvalue weighted by Gasteiger charge is 2.25. The summed E-state index contributed by atoms with van der Waals surface area (Å²) in [5, 5.41) is 11.4. The Balaban J connectivity index is 2.10. The van der Waals surface area contributed by atoms with E-state index in [-0.39, 0.29) is 0 Å². The lowest BCUT2D eigenvalue weighted by atomic mass is 9.95. The Morgan fingerprint density at radius 3 is 2.86 bits per heavy atom. The van der Waals surface area contributed by atoms with Crippen molar-refractivity contribution in [2.45, 2.75) is 19.4 Å². The molecule has 6 heteroatoms. The van der Waals surface area contributed by atoms with Crippen LogP contribution in [0.25, 0.3) is 0 Å². The molecule has 0 saturated carbocycles. The maximum atomic E-state index is 5.95. The Hall–Kier alpha value is -1.17. The number of piperidine rings is 1. The van der Waals surface area contributed by atoms with Crippen LogP contribution < -0.4 is 10.6 Å². The lowest BCUT2D eigenvalue weighted by Gasteiger charge is -2.34. The summed E-state index contributed by atoms with van der Waals surface area (Å²) in [5.74, 6) is 1.34. The number of anilines is 1. The van der Waals surface area contributed by atoms with Crippen molar-refractivity contribution in [1.82, 2.24) is 20.2 Å². The molecule has 1 aromatic rings. The predicted octanol–water partition coefficient (Wildman–Crippen LogP) is -0.616. The summed E-state index contributed by atoms with van der Waals surface area (Å²) >= 11 is 0. The van der Waals surface area contributed by atoms with Gasteiger partial charge in [0.25, 0.3) is 0 Å². The van der Waals surface area contributed by atoms with E-state index in [1.54, 1.807) is 4.68 Å². The van der Waals surface area contributed by atoms with E-state index in [0.29, 0.717) is 12.0 Å². The van der Waals surface area contributed by atoms with E-state index in [0.717, 1.165) is 25.5 Å². The van der Waals surface area contributed by atoms with Gasteiger partial charge in [-0.2, -0.15) is 0 Å². The first-order valence-electron chi connectivity index (χ1n) is 4.91. The molecule has 1 aromatic heterocycles. The van der Waals surface area contributed by atoms with Crippen LogP contribution >= 0.6 is 0 Å². The molecule has 0 aliphatic carbocycles. The number of rotatable bonds is 1. The van der Waals surface area contributed by atoms with Gasteiger partial charge >= 0.3 is 0 Å². The summed E-state index contributed by atoms with van der Waals surface area (Å²) in [6, 6.07) is 0.312. The highest BCUT2D eigenvalue weighted by atomic mass is 15.6. The Morgan fingerprint density at radius 1 is 1.50 bits per heavy atom. The van der Waals surface area contributed by atoms with Gasteiger partial charge in [0.1, 0.15) is 0 Å². The summed E-state index contributed by atoms with van der Waals surface area (Å²) in [4.78, 5) is 2.19. The fourth-order valence-electron chi connectivity index (χ4n) is 1.84. The highest BCUT2D eigenvalue weighted by molar-refractivity contribution is 5.28. The second-order valence-corrected chi connectivity index (χ2v) is 3.98. The zero-order valence-electron chi connectivity index (χ0n) is 8.59. The Morgan fingerprint density at radius 2 is 2.29 bits per heavy atom.